The predicted octanol–water partition coefficient (Wildman–Crippen LogP) is 0.259. The lowest BCUT2D eigenvalue weighted by molar-refractivity contribution is -0.190. The van der Waals surface area contributed by atoms with Crippen LogP contribution in [0.25, 0.3) is 11.2 Å². The highest BCUT2D eigenvalue weighted by Crippen LogP contribution is 2.32. The van der Waals surface area contributed by atoms with E-state index in [-0.39, 0.29) is 24.9 Å². The zero-order chi connectivity index (χ0) is 13.4. The average molecular weight is 263 g/mol. The fraction of sp³-hybridized carbons (Fsp3) is 0.455. The number of nitrogens with two attached hydrogens (primary N) is 1. The third-order valence-electron chi connectivity index (χ3n) is 2.98. The summed E-state index contributed by atoms with van der Waals surface area (Å²) < 4.78 is 12.3. The standard InChI is InChI=1S/C11H13N5O3/c1-6(17)18-3-7-2-8(19-7)16-5-15-9-10(12)13-4-14-11(9)16/h4-5,7-8H,2-3H2,1H3,(H2,12,13,14)/t7-,8+/m0/s1. The molecule has 1 aliphatic rings. The minimum Gasteiger partial charge on any atom is -0.463 e. The average Bonchev–Trinajstić information content (AvgIpc) is 2.72. The first kappa shape index (κ1) is 11.8. The number of imidazole rings is 1. The number of carbonyl (C=O) groups is 1. The molecule has 19 heavy (non-hydrogen) atoms. The third kappa shape index (κ3) is 2.10. The van der Waals surface area contributed by atoms with Gasteiger partial charge in [-0.25, -0.2) is 15.0 Å². The number of ether oxygens (including phenoxy) is 2. The molecular formula is C11H13N5O3. The van der Waals surface area contributed by atoms with Crippen LogP contribution in [0.2, 0.25) is 0 Å². The molecule has 100 valence electrons. The highest BCUT2D eigenvalue weighted by atomic mass is 16.6. The van der Waals surface area contributed by atoms with E-state index in [0.29, 0.717) is 17.0 Å². The predicted molar refractivity (Wildman–Crippen MR) is 64.9 cm³/mol. The van der Waals surface area contributed by atoms with Gasteiger partial charge in [-0.05, 0) is 0 Å². The smallest absolute Gasteiger partial charge is 0.302 e. The van der Waals surface area contributed by atoms with Gasteiger partial charge in [-0.3, -0.25) is 9.36 Å². The minimum atomic E-state index is -0.305. The first-order valence-electron chi connectivity index (χ1n) is 5.87. The van der Waals surface area contributed by atoms with Crippen molar-refractivity contribution in [1.82, 2.24) is 19.5 Å². The molecule has 1 fully saturated rings. The van der Waals surface area contributed by atoms with Gasteiger partial charge in [-0.2, -0.15) is 0 Å². The van der Waals surface area contributed by atoms with Crippen molar-refractivity contribution in [2.75, 3.05) is 12.3 Å². The number of aromatic nitrogens is 4. The Kier molecular flexibility index (Phi) is 2.79. The third-order valence-corrected chi connectivity index (χ3v) is 2.98. The van der Waals surface area contributed by atoms with Gasteiger partial charge >= 0.3 is 5.97 Å². The fourth-order valence-electron chi connectivity index (χ4n) is 2.01. The van der Waals surface area contributed by atoms with Crippen molar-refractivity contribution in [3.63, 3.8) is 0 Å². The van der Waals surface area contributed by atoms with Crippen LogP contribution in [-0.4, -0.2) is 38.2 Å². The van der Waals surface area contributed by atoms with E-state index in [9.17, 15) is 4.79 Å². The monoisotopic (exact) mass is 263 g/mol. The molecule has 3 rings (SSSR count). The van der Waals surface area contributed by atoms with E-state index in [0.717, 1.165) is 6.42 Å². The molecule has 2 aromatic heterocycles. The van der Waals surface area contributed by atoms with Crippen molar-refractivity contribution >= 4 is 23.0 Å². The lowest BCUT2D eigenvalue weighted by atomic mass is 10.1. The van der Waals surface area contributed by atoms with Gasteiger partial charge in [-0.1, -0.05) is 0 Å². The van der Waals surface area contributed by atoms with E-state index in [1.807, 2.05) is 0 Å². The molecule has 0 saturated carbocycles. The number of hydrogen-bond donors (Lipinski definition) is 1. The Bertz CT molecular complexity index is 620. The first-order chi connectivity index (χ1) is 9.15. The molecule has 8 nitrogen and oxygen atoms in total. The van der Waals surface area contributed by atoms with Crippen LogP contribution in [0.15, 0.2) is 12.7 Å². The van der Waals surface area contributed by atoms with Crippen LogP contribution < -0.4 is 5.73 Å². The number of nitrogen functional groups attached to an aromatic ring is 1. The number of nitrogens with zero attached hydrogens (tertiary/aromatic N) is 4. The lowest BCUT2D eigenvalue weighted by Gasteiger charge is -2.36. The van der Waals surface area contributed by atoms with E-state index >= 15 is 0 Å². The lowest BCUT2D eigenvalue weighted by Crippen LogP contribution is -2.38. The van der Waals surface area contributed by atoms with Crippen LogP contribution in [0.3, 0.4) is 0 Å². The molecule has 0 spiro atoms. The maximum atomic E-state index is 10.7. The molecule has 0 aromatic carbocycles. The Hall–Kier alpha value is -2.22. The summed E-state index contributed by atoms with van der Waals surface area (Å²) in [6.07, 6.45) is 3.53. The van der Waals surface area contributed by atoms with Gasteiger partial charge in [0.2, 0.25) is 0 Å². The Morgan fingerprint density at radius 1 is 1.58 bits per heavy atom. The topological polar surface area (TPSA) is 105 Å². The highest BCUT2D eigenvalue weighted by Gasteiger charge is 2.33. The second-order valence-corrected chi connectivity index (χ2v) is 4.33. The number of carbonyl (C=O) groups excluding carboxylic acids is 1. The van der Waals surface area contributed by atoms with Crippen LogP contribution in [0.5, 0.6) is 0 Å². The molecule has 2 aromatic rings. The van der Waals surface area contributed by atoms with E-state index in [1.54, 1.807) is 10.9 Å². The van der Waals surface area contributed by atoms with Crippen molar-refractivity contribution in [3.8, 4) is 0 Å². The summed E-state index contributed by atoms with van der Waals surface area (Å²) in [6.45, 7) is 1.65. The van der Waals surface area contributed by atoms with Crippen molar-refractivity contribution in [2.24, 2.45) is 0 Å². The van der Waals surface area contributed by atoms with Gasteiger partial charge in [0, 0.05) is 13.3 Å². The normalized spacial score (nSPS) is 22.2. The number of esters is 1. The van der Waals surface area contributed by atoms with Gasteiger partial charge in [0.15, 0.2) is 11.5 Å². The summed E-state index contributed by atoms with van der Waals surface area (Å²) in [5.41, 5.74) is 6.92. The SMILES string of the molecule is CC(=O)OC[C@@H]1C[C@H](n2cnc3c(N)ncnc32)O1. The van der Waals surface area contributed by atoms with Crippen molar-refractivity contribution in [3.05, 3.63) is 12.7 Å². The number of fused-ring (bicyclic) bond motifs is 1. The maximum Gasteiger partial charge on any atom is 0.302 e. The van der Waals surface area contributed by atoms with Crippen LogP contribution in [0.1, 0.15) is 19.6 Å². The zero-order valence-electron chi connectivity index (χ0n) is 10.3. The fourth-order valence-corrected chi connectivity index (χ4v) is 2.01. The molecular weight excluding hydrogens is 250 g/mol. The quantitative estimate of drug-likeness (QED) is 0.791. The van der Waals surface area contributed by atoms with Gasteiger partial charge in [0.05, 0.1) is 12.4 Å². The van der Waals surface area contributed by atoms with Gasteiger partial charge in [0.25, 0.3) is 0 Å². The van der Waals surface area contributed by atoms with E-state index in [4.69, 9.17) is 15.2 Å². The Morgan fingerprint density at radius 3 is 3.11 bits per heavy atom. The first-order valence-corrected chi connectivity index (χ1v) is 5.87. The number of hydrogen-bond acceptors (Lipinski definition) is 7. The largest absolute Gasteiger partial charge is 0.463 e. The van der Waals surface area contributed by atoms with E-state index in [1.165, 1.54) is 13.3 Å². The summed E-state index contributed by atoms with van der Waals surface area (Å²) >= 11 is 0. The van der Waals surface area contributed by atoms with Gasteiger partial charge in [-0.15, -0.1) is 0 Å². The second-order valence-electron chi connectivity index (χ2n) is 4.33. The summed E-state index contributed by atoms with van der Waals surface area (Å²) in [4.78, 5) is 22.9. The van der Waals surface area contributed by atoms with E-state index in [2.05, 4.69) is 15.0 Å². The van der Waals surface area contributed by atoms with Crippen molar-refractivity contribution in [1.29, 1.82) is 0 Å². The summed E-state index contributed by atoms with van der Waals surface area (Å²) in [6, 6.07) is 0. The number of anilines is 1. The van der Waals surface area contributed by atoms with E-state index < -0.39 is 0 Å². The maximum absolute atomic E-state index is 10.7. The Labute approximate surface area is 108 Å². The molecule has 0 unspecified atom stereocenters. The molecule has 0 amide bonds. The van der Waals surface area contributed by atoms with Gasteiger partial charge < -0.3 is 15.2 Å². The van der Waals surface area contributed by atoms with Crippen molar-refractivity contribution < 1.29 is 14.3 Å². The Balaban J connectivity index is 1.70. The molecule has 8 heteroatoms. The summed E-state index contributed by atoms with van der Waals surface area (Å²) in [5, 5.41) is 0. The molecule has 0 bridgehead atoms. The molecule has 2 N–H and O–H groups in total. The van der Waals surface area contributed by atoms with Crippen LogP contribution >= 0.6 is 0 Å². The minimum absolute atomic E-state index is 0.0782. The van der Waals surface area contributed by atoms with Crippen LogP contribution in [-0.2, 0) is 14.3 Å². The number of rotatable bonds is 3. The van der Waals surface area contributed by atoms with Crippen LogP contribution in [0, 0.1) is 0 Å². The molecule has 1 aliphatic heterocycles. The zero-order valence-corrected chi connectivity index (χ0v) is 10.3. The summed E-state index contributed by atoms with van der Waals surface area (Å²) in [7, 11) is 0. The van der Waals surface area contributed by atoms with Gasteiger partial charge in [0.1, 0.15) is 24.7 Å². The molecule has 1 saturated heterocycles. The van der Waals surface area contributed by atoms with Crippen LogP contribution in [0.4, 0.5) is 5.82 Å². The molecule has 2 atom stereocenters. The Morgan fingerprint density at radius 2 is 2.37 bits per heavy atom. The molecule has 3 heterocycles. The van der Waals surface area contributed by atoms with Crippen molar-refractivity contribution in [2.45, 2.75) is 25.7 Å². The highest BCUT2D eigenvalue weighted by molar-refractivity contribution is 5.81. The summed E-state index contributed by atoms with van der Waals surface area (Å²) in [5.74, 6) is 0.0418. The molecule has 0 radical (unpaired) electrons. The molecule has 0 aliphatic carbocycles. The second kappa shape index (κ2) is 4.47.